The summed E-state index contributed by atoms with van der Waals surface area (Å²) >= 11 is 0. The van der Waals surface area contributed by atoms with E-state index in [0.717, 1.165) is 46.5 Å². The van der Waals surface area contributed by atoms with E-state index in [1.54, 1.807) is 0 Å². The second kappa shape index (κ2) is 10.7. The number of para-hydroxylation sites is 1. The lowest BCUT2D eigenvalue weighted by Gasteiger charge is -2.26. The minimum atomic E-state index is -0.879. The molecule has 38 heavy (non-hydrogen) atoms. The summed E-state index contributed by atoms with van der Waals surface area (Å²) in [4.78, 5) is 39.1. The number of halogens is 1. The van der Waals surface area contributed by atoms with Gasteiger partial charge in [0.05, 0.1) is 12.3 Å². The number of carbonyl (C=O) groups excluding carboxylic acids is 3. The number of imide groups is 2. The second-order valence-corrected chi connectivity index (χ2v) is 8.93. The molecule has 1 saturated heterocycles. The highest BCUT2D eigenvalue weighted by Crippen LogP contribution is 2.27. The fourth-order valence-electron chi connectivity index (χ4n) is 4.46. The van der Waals surface area contributed by atoms with Crippen molar-refractivity contribution < 1.29 is 23.5 Å². The SMILES string of the molecule is CCc1ccc(OCCCn2cc(C=C3C(=O)NC(=O)N(c4ccc(F)cc4)C3=O)c3ccccc32)cc1. The normalized spacial score (nSPS) is 14.8. The Kier molecular flexibility index (Phi) is 7.04. The van der Waals surface area contributed by atoms with Gasteiger partial charge in [-0.15, -0.1) is 0 Å². The van der Waals surface area contributed by atoms with Crippen LogP contribution in [0.3, 0.4) is 0 Å². The summed E-state index contributed by atoms with van der Waals surface area (Å²) in [6.07, 6.45) is 5.10. The first-order valence-corrected chi connectivity index (χ1v) is 12.4. The average molecular weight is 512 g/mol. The number of hydrogen-bond donors (Lipinski definition) is 1. The topological polar surface area (TPSA) is 80.6 Å². The van der Waals surface area contributed by atoms with Crippen molar-refractivity contribution in [2.24, 2.45) is 0 Å². The van der Waals surface area contributed by atoms with Crippen LogP contribution in [0, 0.1) is 5.82 Å². The number of hydrogen-bond acceptors (Lipinski definition) is 4. The largest absolute Gasteiger partial charge is 0.494 e. The van der Waals surface area contributed by atoms with Gasteiger partial charge in [0.25, 0.3) is 11.8 Å². The van der Waals surface area contributed by atoms with E-state index in [4.69, 9.17) is 4.74 Å². The maximum atomic E-state index is 13.4. The number of amides is 4. The van der Waals surface area contributed by atoms with Crippen molar-refractivity contribution in [2.45, 2.75) is 26.3 Å². The van der Waals surface area contributed by atoms with E-state index in [1.807, 2.05) is 42.6 Å². The number of aryl methyl sites for hydroxylation is 2. The Morgan fingerprint density at radius 1 is 0.947 bits per heavy atom. The molecule has 4 aromatic rings. The lowest BCUT2D eigenvalue weighted by Crippen LogP contribution is -2.54. The number of nitrogens with one attached hydrogen (secondary N) is 1. The smallest absolute Gasteiger partial charge is 0.335 e. The number of anilines is 1. The maximum Gasteiger partial charge on any atom is 0.335 e. The van der Waals surface area contributed by atoms with Gasteiger partial charge in [-0.3, -0.25) is 14.9 Å². The third-order valence-electron chi connectivity index (χ3n) is 6.45. The van der Waals surface area contributed by atoms with Crippen LogP contribution in [-0.2, 0) is 22.6 Å². The Bertz CT molecular complexity index is 1540. The molecule has 1 aliphatic rings. The number of carbonyl (C=O) groups is 3. The molecule has 0 unspecified atom stereocenters. The maximum absolute atomic E-state index is 13.4. The first-order valence-electron chi connectivity index (χ1n) is 12.4. The molecule has 192 valence electrons. The van der Waals surface area contributed by atoms with E-state index in [2.05, 4.69) is 28.9 Å². The molecular formula is C30H26FN3O4. The zero-order valence-corrected chi connectivity index (χ0v) is 20.8. The van der Waals surface area contributed by atoms with Crippen LogP contribution in [0.4, 0.5) is 14.9 Å². The predicted molar refractivity (Wildman–Crippen MR) is 143 cm³/mol. The quantitative estimate of drug-likeness (QED) is 0.193. The summed E-state index contributed by atoms with van der Waals surface area (Å²) in [5.74, 6) is -1.23. The average Bonchev–Trinajstić information content (AvgIpc) is 3.27. The molecule has 1 fully saturated rings. The highest BCUT2D eigenvalue weighted by atomic mass is 19.1. The van der Waals surface area contributed by atoms with Gasteiger partial charge in [-0.1, -0.05) is 37.3 Å². The molecule has 4 amide bonds. The molecule has 0 saturated carbocycles. The number of barbiturate groups is 1. The van der Waals surface area contributed by atoms with Gasteiger partial charge >= 0.3 is 6.03 Å². The van der Waals surface area contributed by atoms with Gasteiger partial charge in [-0.25, -0.2) is 14.1 Å². The fourth-order valence-corrected chi connectivity index (χ4v) is 4.46. The second-order valence-electron chi connectivity index (χ2n) is 8.93. The number of aromatic nitrogens is 1. The summed E-state index contributed by atoms with van der Waals surface area (Å²) in [6, 6.07) is 19.8. The molecule has 0 spiro atoms. The summed E-state index contributed by atoms with van der Waals surface area (Å²) in [6.45, 7) is 3.31. The highest BCUT2D eigenvalue weighted by Gasteiger charge is 2.37. The van der Waals surface area contributed by atoms with Crippen molar-refractivity contribution in [2.75, 3.05) is 11.5 Å². The van der Waals surface area contributed by atoms with Crippen molar-refractivity contribution in [1.29, 1.82) is 0 Å². The Labute approximate surface area is 219 Å². The lowest BCUT2D eigenvalue weighted by atomic mass is 10.1. The molecule has 3 aromatic carbocycles. The summed E-state index contributed by atoms with van der Waals surface area (Å²) in [7, 11) is 0. The van der Waals surface area contributed by atoms with Gasteiger partial charge in [0.2, 0.25) is 0 Å². The third kappa shape index (κ3) is 5.06. The Morgan fingerprint density at radius 2 is 1.68 bits per heavy atom. The molecule has 8 heteroatoms. The van der Waals surface area contributed by atoms with Gasteiger partial charge in [-0.05, 0) is 66.9 Å². The van der Waals surface area contributed by atoms with Crippen LogP contribution >= 0.6 is 0 Å². The van der Waals surface area contributed by atoms with Crippen molar-refractivity contribution in [3.8, 4) is 5.75 Å². The molecule has 0 radical (unpaired) electrons. The van der Waals surface area contributed by atoms with Gasteiger partial charge in [0.15, 0.2) is 0 Å². The van der Waals surface area contributed by atoms with Crippen LogP contribution in [0.1, 0.15) is 24.5 Å². The number of fused-ring (bicyclic) bond motifs is 1. The molecule has 0 aliphatic carbocycles. The van der Waals surface area contributed by atoms with E-state index >= 15 is 0 Å². The van der Waals surface area contributed by atoms with Gasteiger partial charge in [0.1, 0.15) is 17.1 Å². The van der Waals surface area contributed by atoms with Crippen molar-refractivity contribution >= 4 is 40.5 Å². The zero-order valence-electron chi connectivity index (χ0n) is 20.8. The number of rotatable bonds is 8. The highest BCUT2D eigenvalue weighted by molar-refractivity contribution is 6.39. The Morgan fingerprint density at radius 3 is 2.42 bits per heavy atom. The molecule has 5 rings (SSSR count). The summed E-state index contributed by atoms with van der Waals surface area (Å²) in [5.41, 5.74) is 2.85. The molecule has 1 N–H and O–H groups in total. The van der Waals surface area contributed by atoms with E-state index < -0.39 is 23.7 Å². The van der Waals surface area contributed by atoms with Gasteiger partial charge in [-0.2, -0.15) is 0 Å². The molecule has 0 bridgehead atoms. The van der Waals surface area contributed by atoms with Crippen LogP contribution in [0.5, 0.6) is 5.75 Å². The predicted octanol–water partition coefficient (Wildman–Crippen LogP) is 5.48. The van der Waals surface area contributed by atoms with E-state index in [0.29, 0.717) is 18.7 Å². The molecule has 1 aliphatic heterocycles. The standard InChI is InChI=1S/C30H26FN3O4/c1-2-20-8-14-24(15-9-20)38-17-5-16-33-19-21(25-6-3-4-7-27(25)33)18-26-28(35)32-30(37)34(29(26)36)23-12-10-22(31)11-13-23/h3-4,6-15,18-19H,2,5,16-17H2,1H3,(H,32,35,37). The molecule has 1 aromatic heterocycles. The first kappa shape index (κ1) is 25.0. The van der Waals surface area contributed by atoms with Crippen LogP contribution < -0.4 is 15.0 Å². The zero-order chi connectivity index (χ0) is 26.6. The van der Waals surface area contributed by atoms with Crippen LogP contribution in [0.15, 0.2) is 84.6 Å². The third-order valence-corrected chi connectivity index (χ3v) is 6.45. The number of nitrogens with zero attached hydrogens (tertiary/aromatic N) is 2. The van der Waals surface area contributed by atoms with Crippen molar-refractivity contribution in [3.63, 3.8) is 0 Å². The van der Waals surface area contributed by atoms with Crippen LogP contribution in [0.25, 0.3) is 17.0 Å². The molecular weight excluding hydrogens is 485 g/mol. The lowest BCUT2D eigenvalue weighted by molar-refractivity contribution is -0.122. The molecule has 7 nitrogen and oxygen atoms in total. The van der Waals surface area contributed by atoms with E-state index in [9.17, 15) is 18.8 Å². The number of ether oxygens (including phenoxy) is 1. The van der Waals surface area contributed by atoms with Crippen molar-refractivity contribution in [3.05, 3.63) is 102 Å². The van der Waals surface area contributed by atoms with E-state index in [1.165, 1.54) is 23.8 Å². The van der Waals surface area contributed by atoms with Gasteiger partial charge < -0.3 is 9.30 Å². The Balaban J connectivity index is 1.37. The van der Waals surface area contributed by atoms with E-state index in [-0.39, 0.29) is 11.3 Å². The summed E-state index contributed by atoms with van der Waals surface area (Å²) < 4.78 is 21.3. The monoisotopic (exact) mass is 511 g/mol. The Hall–Kier alpha value is -4.72. The minimum absolute atomic E-state index is 0.166. The number of benzene rings is 3. The fraction of sp³-hybridized carbons (Fsp3) is 0.167. The summed E-state index contributed by atoms with van der Waals surface area (Å²) in [5, 5.41) is 3.07. The van der Waals surface area contributed by atoms with Crippen molar-refractivity contribution in [1.82, 2.24) is 9.88 Å². The first-order chi connectivity index (χ1) is 18.4. The van der Waals surface area contributed by atoms with Crippen LogP contribution in [0.2, 0.25) is 0 Å². The van der Waals surface area contributed by atoms with Gasteiger partial charge in [0, 0.05) is 29.2 Å². The molecule has 0 atom stereocenters. The number of urea groups is 1. The molecule has 2 heterocycles. The minimum Gasteiger partial charge on any atom is -0.494 e. The van der Waals surface area contributed by atoms with Crippen LogP contribution in [-0.4, -0.2) is 29.0 Å².